The number of halogens is 1. The van der Waals surface area contributed by atoms with E-state index in [1.807, 2.05) is 37.3 Å². The van der Waals surface area contributed by atoms with Crippen molar-refractivity contribution in [3.8, 4) is 17.1 Å². The van der Waals surface area contributed by atoms with E-state index in [1.165, 1.54) is 4.90 Å². The molecule has 0 aliphatic heterocycles. The van der Waals surface area contributed by atoms with Gasteiger partial charge < -0.3 is 14.2 Å². The molecule has 6 nitrogen and oxygen atoms in total. The lowest BCUT2D eigenvalue weighted by Gasteiger charge is -2.23. The first-order valence-corrected chi connectivity index (χ1v) is 10.2. The summed E-state index contributed by atoms with van der Waals surface area (Å²) < 4.78 is 11.3. The molecule has 0 fully saturated rings. The molecule has 1 amide bonds. The van der Waals surface area contributed by atoms with Crippen LogP contribution in [0, 0.1) is 6.92 Å². The number of nitrogens with zero attached hydrogens (tertiary/aromatic N) is 3. The highest BCUT2D eigenvalue weighted by Gasteiger charge is 2.23. The molecule has 0 aliphatic carbocycles. The van der Waals surface area contributed by atoms with E-state index in [4.69, 9.17) is 20.9 Å². The van der Waals surface area contributed by atoms with Gasteiger partial charge in [-0.05, 0) is 49.1 Å². The van der Waals surface area contributed by atoms with Crippen molar-refractivity contribution < 1.29 is 14.1 Å². The van der Waals surface area contributed by atoms with Crippen molar-refractivity contribution in [1.82, 2.24) is 15.0 Å². The number of aryl methyl sites for hydroxylation is 1. The van der Waals surface area contributed by atoms with Gasteiger partial charge in [-0.25, -0.2) is 0 Å². The number of benzene rings is 2. The van der Waals surface area contributed by atoms with E-state index >= 15 is 0 Å². The number of hydrogen-bond acceptors (Lipinski definition) is 5. The Morgan fingerprint density at radius 2 is 1.97 bits per heavy atom. The molecule has 2 aromatic carbocycles. The van der Waals surface area contributed by atoms with Crippen LogP contribution in [0.2, 0.25) is 5.02 Å². The van der Waals surface area contributed by atoms with Crippen LogP contribution < -0.4 is 4.74 Å². The van der Waals surface area contributed by atoms with Crippen molar-refractivity contribution >= 4 is 17.5 Å². The molecule has 0 bridgehead atoms. The fourth-order valence-electron chi connectivity index (χ4n) is 3.12. The summed E-state index contributed by atoms with van der Waals surface area (Å²) in [7, 11) is 1.69. The van der Waals surface area contributed by atoms with Crippen molar-refractivity contribution in [3.63, 3.8) is 0 Å². The van der Waals surface area contributed by atoms with Crippen LogP contribution in [0.4, 0.5) is 0 Å². The van der Waals surface area contributed by atoms with E-state index in [-0.39, 0.29) is 12.5 Å². The zero-order valence-electron chi connectivity index (χ0n) is 17.8. The number of aromatic nitrogens is 2. The minimum Gasteiger partial charge on any atom is -0.481 e. The highest BCUT2D eigenvalue weighted by molar-refractivity contribution is 6.30. The number of amides is 1. The number of hydrogen-bond donors (Lipinski definition) is 0. The number of carbonyl (C=O) groups is 1. The van der Waals surface area contributed by atoms with Crippen molar-refractivity contribution in [3.05, 3.63) is 64.5 Å². The van der Waals surface area contributed by atoms with E-state index in [2.05, 4.69) is 24.0 Å². The third-order valence-corrected chi connectivity index (χ3v) is 4.98. The van der Waals surface area contributed by atoms with Crippen molar-refractivity contribution in [2.24, 2.45) is 0 Å². The fraction of sp³-hybridized carbons (Fsp3) is 0.348. The van der Waals surface area contributed by atoms with Gasteiger partial charge >= 0.3 is 0 Å². The quantitative estimate of drug-likeness (QED) is 0.515. The Morgan fingerprint density at radius 1 is 1.20 bits per heavy atom. The molecule has 0 unspecified atom stereocenters. The topological polar surface area (TPSA) is 68.5 Å². The minimum atomic E-state index is -0.648. The molecule has 0 radical (unpaired) electrons. The van der Waals surface area contributed by atoms with Crippen molar-refractivity contribution in [2.75, 3.05) is 7.05 Å². The summed E-state index contributed by atoms with van der Waals surface area (Å²) in [5, 5.41) is 4.57. The zero-order chi connectivity index (χ0) is 21.8. The summed E-state index contributed by atoms with van der Waals surface area (Å²) in [5.41, 5.74) is 2.91. The first-order valence-electron chi connectivity index (χ1n) is 9.85. The van der Waals surface area contributed by atoms with E-state index in [1.54, 1.807) is 26.1 Å². The molecule has 0 spiro atoms. The third-order valence-electron chi connectivity index (χ3n) is 4.74. The third kappa shape index (κ3) is 5.19. The molecule has 1 aromatic heterocycles. The van der Waals surface area contributed by atoms with E-state index in [0.717, 1.165) is 22.4 Å². The fourth-order valence-corrected chi connectivity index (χ4v) is 3.31. The summed E-state index contributed by atoms with van der Waals surface area (Å²) in [5.74, 6) is 1.63. The van der Waals surface area contributed by atoms with E-state index < -0.39 is 6.10 Å². The van der Waals surface area contributed by atoms with Gasteiger partial charge in [0, 0.05) is 17.6 Å². The molecular formula is C23H26ClN3O3. The summed E-state index contributed by atoms with van der Waals surface area (Å²) >= 11 is 6.02. The van der Waals surface area contributed by atoms with E-state index in [9.17, 15) is 4.79 Å². The molecule has 3 aromatic rings. The molecule has 0 N–H and O–H groups in total. The van der Waals surface area contributed by atoms with Crippen LogP contribution in [-0.2, 0) is 11.3 Å². The van der Waals surface area contributed by atoms with Crippen LogP contribution in [0.3, 0.4) is 0 Å². The molecule has 158 valence electrons. The molecule has 1 heterocycles. The van der Waals surface area contributed by atoms with E-state index in [0.29, 0.717) is 22.7 Å². The van der Waals surface area contributed by atoms with Crippen LogP contribution in [0.5, 0.6) is 5.75 Å². The van der Waals surface area contributed by atoms with Gasteiger partial charge in [-0.15, -0.1) is 0 Å². The second-order valence-electron chi connectivity index (χ2n) is 7.67. The van der Waals surface area contributed by atoms with Crippen LogP contribution in [-0.4, -0.2) is 34.1 Å². The van der Waals surface area contributed by atoms with Crippen molar-refractivity contribution in [1.29, 1.82) is 0 Å². The van der Waals surface area contributed by atoms with Gasteiger partial charge in [-0.1, -0.05) is 54.9 Å². The largest absolute Gasteiger partial charge is 0.481 e. The molecule has 0 saturated carbocycles. The van der Waals surface area contributed by atoms with Gasteiger partial charge in [0.25, 0.3) is 5.91 Å². The first kappa shape index (κ1) is 21.8. The number of likely N-dealkylation sites (N-methyl/N-ethyl adjacent to an activating group) is 1. The lowest BCUT2D eigenvalue weighted by molar-refractivity contribution is -0.137. The predicted octanol–water partition coefficient (Wildman–Crippen LogP) is 5.25. The summed E-state index contributed by atoms with van der Waals surface area (Å²) in [6.07, 6.45) is -0.648. The van der Waals surface area contributed by atoms with Gasteiger partial charge in [-0.3, -0.25) is 4.79 Å². The normalized spacial score (nSPS) is 12.1. The lowest BCUT2D eigenvalue weighted by Crippen LogP contribution is -2.37. The van der Waals surface area contributed by atoms with Gasteiger partial charge in [0.15, 0.2) is 6.10 Å². The van der Waals surface area contributed by atoms with Crippen LogP contribution in [0.15, 0.2) is 47.0 Å². The molecular weight excluding hydrogens is 402 g/mol. The maximum atomic E-state index is 12.8. The molecule has 1 atom stereocenters. The predicted molar refractivity (Wildman–Crippen MR) is 117 cm³/mol. The minimum absolute atomic E-state index is 0.172. The number of carbonyl (C=O) groups excluding carboxylic acids is 1. The molecule has 30 heavy (non-hydrogen) atoms. The van der Waals surface area contributed by atoms with Crippen molar-refractivity contribution in [2.45, 2.75) is 46.3 Å². The zero-order valence-corrected chi connectivity index (χ0v) is 18.6. The summed E-state index contributed by atoms with van der Waals surface area (Å²) in [6.45, 7) is 8.14. The van der Waals surface area contributed by atoms with Crippen LogP contribution in [0.1, 0.15) is 43.7 Å². The SMILES string of the molecule is Cc1ccc(C(C)C)c(O[C@@H](C)C(=O)N(C)Cc2nc(-c3cccc(Cl)c3)no2)c1. The number of rotatable bonds is 7. The maximum Gasteiger partial charge on any atom is 0.263 e. The number of ether oxygens (including phenoxy) is 1. The maximum absolute atomic E-state index is 12.8. The average Bonchev–Trinajstić information content (AvgIpc) is 3.15. The van der Waals surface area contributed by atoms with Crippen LogP contribution >= 0.6 is 11.6 Å². The Labute approximate surface area is 181 Å². The molecule has 0 saturated heterocycles. The van der Waals surface area contributed by atoms with Crippen LogP contribution in [0.25, 0.3) is 11.4 Å². The molecule has 0 aliphatic rings. The second-order valence-corrected chi connectivity index (χ2v) is 8.11. The van der Waals surface area contributed by atoms with Gasteiger partial charge in [-0.2, -0.15) is 4.98 Å². The summed E-state index contributed by atoms with van der Waals surface area (Å²) in [6, 6.07) is 13.3. The Kier molecular flexibility index (Phi) is 6.77. The monoisotopic (exact) mass is 427 g/mol. The van der Waals surface area contributed by atoms with Gasteiger partial charge in [0.05, 0.1) is 6.54 Å². The Hall–Kier alpha value is -2.86. The Balaban J connectivity index is 1.67. The highest BCUT2D eigenvalue weighted by Crippen LogP contribution is 2.28. The Bertz CT molecular complexity index is 1030. The van der Waals surface area contributed by atoms with Gasteiger partial charge in [0.2, 0.25) is 11.7 Å². The summed E-state index contributed by atoms with van der Waals surface area (Å²) in [4.78, 5) is 18.7. The second kappa shape index (κ2) is 9.30. The smallest absolute Gasteiger partial charge is 0.263 e. The lowest BCUT2D eigenvalue weighted by atomic mass is 10.0. The Morgan fingerprint density at radius 3 is 2.67 bits per heavy atom. The highest BCUT2D eigenvalue weighted by atomic mass is 35.5. The molecule has 3 rings (SSSR count). The van der Waals surface area contributed by atoms with Gasteiger partial charge in [0.1, 0.15) is 5.75 Å². The standard InChI is InChI=1S/C23H26ClN3O3/c1-14(2)19-10-9-15(3)11-20(19)29-16(4)23(28)27(5)13-21-25-22(26-30-21)17-7-6-8-18(24)12-17/h6-12,14,16H,13H2,1-5H3/t16-/m0/s1. The average molecular weight is 428 g/mol. The molecule has 7 heteroatoms. The first-order chi connectivity index (χ1) is 14.2.